The summed E-state index contributed by atoms with van der Waals surface area (Å²) in [5, 5.41) is 10.6. The Balaban J connectivity index is 2.15. The molecule has 0 saturated heterocycles. The molecule has 0 bridgehead atoms. The van der Waals surface area contributed by atoms with Crippen LogP contribution in [-0.2, 0) is 16.6 Å². The molecule has 0 radical (unpaired) electrons. The molecule has 2 rings (SSSR count). The smallest absolute Gasteiger partial charge is 0.271 e. The van der Waals surface area contributed by atoms with Crippen molar-refractivity contribution in [2.45, 2.75) is 17.7 Å². The molecule has 0 aliphatic rings. The summed E-state index contributed by atoms with van der Waals surface area (Å²) in [6.07, 6.45) is 0. The van der Waals surface area contributed by atoms with Crippen molar-refractivity contribution in [2.75, 3.05) is 11.3 Å². The Kier molecular flexibility index (Phi) is 4.64. The fraction of sp³-hybridized carbons (Fsp3) is 0.231. The number of aliphatic hydroxyl groups is 1. The molecule has 0 saturated carbocycles. The van der Waals surface area contributed by atoms with E-state index in [9.17, 15) is 8.42 Å². The van der Waals surface area contributed by atoms with Gasteiger partial charge in [-0.15, -0.1) is 11.3 Å². The first-order chi connectivity index (χ1) is 9.55. The summed E-state index contributed by atoms with van der Waals surface area (Å²) in [6, 6.07) is 8.15. The standard InChI is InChI=1S/C13H15NO4S2/c1-2-18-12-5-3-11(4-6-12)14-20(16,17)13-7-10(8-15)9-19-13/h3-7,9,14-15H,2,8H2,1H3. The molecule has 1 aromatic carbocycles. The Labute approximate surface area is 121 Å². The van der Waals surface area contributed by atoms with Crippen LogP contribution in [0.15, 0.2) is 39.9 Å². The molecular formula is C13H15NO4S2. The summed E-state index contributed by atoms with van der Waals surface area (Å²) in [4.78, 5) is 0. The topological polar surface area (TPSA) is 75.6 Å². The van der Waals surface area contributed by atoms with Crippen LogP contribution in [0.5, 0.6) is 5.75 Å². The van der Waals surface area contributed by atoms with E-state index < -0.39 is 10.0 Å². The highest BCUT2D eigenvalue weighted by molar-refractivity contribution is 7.94. The predicted molar refractivity (Wildman–Crippen MR) is 78.7 cm³/mol. The average Bonchev–Trinajstić information content (AvgIpc) is 2.91. The van der Waals surface area contributed by atoms with Crippen LogP contribution in [0.2, 0.25) is 0 Å². The number of thiophene rings is 1. The maximum atomic E-state index is 12.1. The Morgan fingerprint density at radius 2 is 2.00 bits per heavy atom. The van der Waals surface area contributed by atoms with Gasteiger partial charge in [0, 0.05) is 5.69 Å². The van der Waals surface area contributed by atoms with E-state index in [0.29, 0.717) is 23.6 Å². The molecule has 20 heavy (non-hydrogen) atoms. The van der Waals surface area contributed by atoms with Crippen molar-refractivity contribution in [1.29, 1.82) is 0 Å². The summed E-state index contributed by atoms with van der Waals surface area (Å²) in [5.41, 5.74) is 1.05. The highest BCUT2D eigenvalue weighted by Crippen LogP contribution is 2.24. The number of hydrogen-bond acceptors (Lipinski definition) is 5. The first-order valence-corrected chi connectivity index (χ1v) is 8.35. The number of aliphatic hydroxyl groups excluding tert-OH is 1. The summed E-state index contributed by atoms with van der Waals surface area (Å²) in [7, 11) is -3.61. The molecule has 2 aromatic rings. The summed E-state index contributed by atoms with van der Waals surface area (Å²) < 4.78 is 32.2. The Bertz CT molecular complexity index is 662. The van der Waals surface area contributed by atoms with Gasteiger partial charge in [0.25, 0.3) is 10.0 Å². The summed E-state index contributed by atoms with van der Waals surface area (Å²) in [6.45, 7) is 2.27. The molecule has 0 aliphatic heterocycles. The lowest BCUT2D eigenvalue weighted by Gasteiger charge is -2.07. The SMILES string of the molecule is CCOc1ccc(NS(=O)(=O)c2cc(CO)cs2)cc1. The number of hydrogen-bond donors (Lipinski definition) is 2. The van der Waals surface area contributed by atoms with Crippen LogP contribution < -0.4 is 9.46 Å². The van der Waals surface area contributed by atoms with Crippen molar-refractivity contribution in [3.63, 3.8) is 0 Å². The third-order valence-corrected chi connectivity index (χ3v) is 5.36. The molecule has 0 amide bonds. The minimum absolute atomic E-state index is 0.172. The number of nitrogens with one attached hydrogen (secondary N) is 1. The molecule has 2 N–H and O–H groups in total. The van der Waals surface area contributed by atoms with E-state index in [0.717, 1.165) is 11.3 Å². The monoisotopic (exact) mass is 313 g/mol. The van der Waals surface area contributed by atoms with Gasteiger partial charge in [-0.3, -0.25) is 4.72 Å². The van der Waals surface area contributed by atoms with Gasteiger partial charge in [-0.1, -0.05) is 0 Å². The molecule has 1 aromatic heterocycles. The van der Waals surface area contributed by atoms with Crippen LogP contribution in [0.1, 0.15) is 12.5 Å². The number of rotatable bonds is 6. The number of ether oxygens (including phenoxy) is 1. The van der Waals surface area contributed by atoms with Gasteiger partial charge in [-0.25, -0.2) is 8.42 Å². The summed E-state index contributed by atoms with van der Waals surface area (Å²) >= 11 is 1.08. The fourth-order valence-electron chi connectivity index (χ4n) is 1.57. The second-order valence-electron chi connectivity index (χ2n) is 3.99. The molecule has 0 unspecified atom stereocenters. The van der Waals surface area contributed by atoms with Gasteiger partial charge >= 0.3 is 0 Å². The van der Waals surface area contributed by atoms with E-state index in [2.05, 4.69) is 4.72 Å². The van der Waals surface area contributed by atoms with Crippen molar-refractivity contribution in [1.82, 2.24) is 0 Å². The van der Waals surface area contributed by atoms with Gasteiger partial charge < -0.3 is 9.84 Å². The Hall–Kier alpha value is -1.57. The zero-order valence-electron chi connectivity index (χ0n) is 10.9. The van der Waals surface area contributed by atoms with Crippen LogP contribution >= 0.6 is 11.3 Å². The van der Waals surface area contributed by atoms with E-state index in [1.807, 2.05) is 6.92 Å². The maximum absolute atomic E-state index is 12.1. The number of sulfonamides is 1. The second kappa shape index (κ2) is 6.25. The molecule has 0 spiro atoms. The van der Waals surface area contributed by atoms with E-state index in [4.69, 9.17) is 9.84 Å². The molecule has 7 heteroatoms. The lowest BCUT2D eigenvalue weighted by molar-refractivity contribution is 0.282. The first-order valence-electron chi connectivity index (χ1n) is 5.99. The van der Waals surface area contributed by atoms with E-state index in [1.54, 1.807) is 29.6 Å². The minimum Gasteiger partial charge on any atom is -0.494 e. The van der Waals surface area contributed by atoms with Crippen molar-refractivity contribution in [3.05, 3.63) is 41.3 Å². The van der Waals surface area contributed by atoms with Gasteiger partial charge in [0.1, 0.15) is 9.96 Å². The quantitative estimate of drug-likeness (QED) is 0.859. The normalized spacial score (nSPS) is 11.3. The highest BCUT2D eigenvalue weighted by atomic mass is 32.2. The Morgan fingerprint density at radius 1 is 1.30 bits per heavy atom. The average molecular weight is 313 g/mol. The molecule has 1 heterocycles. The molecule has 0 atom stereocenters. The van der Waals surface area contributed by atoms with Crippen molar-refractivity contribution < 1.29 is 18.3 Å². The highest BCUT2D eigenvalue weighted by Gasteiger charge is 2.16. The van der Waals surface area contributed by atoms with E-state index >= 15 is 0 Å². The van der Waals surface area contributed by atoms with Gasteiger partial charge in [0.15, 0.2) is 0 Å². The van der Waals surface area contributed by atoms with Gasteiger partial charge in [-0.2, -0.15) is 0 Å². The largest absolute Gasteiger partial charge is 0.494 e. The molecule has 108 valence electrons. The molecule has 0 fully saturated rings. The fourth-order valence-corrected chi connectivity index (χ4v) is 3.83. The van der Waals surface area contributed by atoms with Crippen LogP contribution in [0, 0.1) is 0 Å². The van der Waals surface area contributed by atoms with Crippen molar-refractivity contribution in [2.24, 2.45) is 0 Å². The van der Waals surface area contributed by atoms with Crippen molar-refractivity contribution in [3.8, 4) is 5.75 Å². The molecular weight excluding hydrogens is 298 g/mol. The maximum Gasteiger partial charge on any atom is 0.271 e. The third-order valence-electron chi connectivity index (χ3n) is 2.49. The van der Waals surface area contributed by atoms with Gasteiger partial charge in [0.2, 0.25) is 0 Å². The third kappa shape index (κ3) is 3.50. The van der Waals surface area contributed by atoms with Gasteiger partial charge in [0.05, 0.1) is 13.2 Å². The van der Waals surface area contributed by atoms with Crippen LogP contribution in [-0.4, -0.2) is 20.1 Å². The van der Waals surface area contributed by atoms with Crippen LogP contribution in [0.25, 0.3) is 0 Å². The predicted octanol–water partition coefficient (Wildman–Crippen LogP) is 2.44. The van der Waals surface area contributed by atoms with Gasteiger partial charge in [-0.05, 0) is 48.2 Å². The lowest BCUT2D eigenvalue weighted by Crippen LogP contribution is -2.11. The van der Waals surface area contributed by atoms with E-state index in [1.165, 1.54) is 6.07 Å². The molecule has 5 nitrogen and oxygen atoms in total. The minimum atomic E-state index is -3.61. The van der Waals surface area contributed by atoms with Crippen molar-refractivity contribution >= 4 is 27.0 Å². The van der Waals surface area contributed by atoms with E-state index in [-0.39, 0.29) is 10.8 Å². The molecule has 0 aliphatic carbocycles. The van der Waals surface area contributed by atoms with Crippen LogP contribution in [0.3, 0.4) is 0 Å². The number of benzene rings is 1. The summed E-state index contributed by atoms with van der Waals surface area (Å²) in [5.74, 6) is 0.689. The zero-order chi connectivity index (χ0) is 14.6. The number of anilines is 1. The lowest BCUT2D eigenvalue weighted by atomic mass is 10.3. The zero-order valence-corrected chi connectivity index (χ0v) is 12.5. The first kappa shape index (κ1) is 14.8. The Morgan fingerprint density at radius 3 is 2.55 bits per heavy atom. The van der Waals surface area contributed by atoms with Crippen LogP contribution in [0.4, 0.5) is 5.69 Å². The second-order valence-corrected chi connectivity index (χ2v) is 6.82.